The third-order valence-corrected chi connectivity index (χ3v) is 2.66. The molecule has 0 aliphatic heterocycles. The first-order valence-electron chi connectivity index (χ1n) is 4.70. The second-order valence-electron chi connectivity index (χ2n) is 3.32. The topological polar surface area (TPSA) is 111 Å². The quantitative estimate of drug-likeness (QED) is 0.678. The summed E-state index contributed by atoms with van der Waals surface area (Å²) in [5.74, 6) is -2.87. The van der Waals surface area contributed by atoms with Crippen LogP contribution < -0.4 is 0 Å². The number of rotatable bonds is 3. The van der Waals surface area contributed by atoms with Gasteiger partial charge in [-0.25, -0.2) is 9.18 Å². The highest BCUT2D eigenvalue weighted by Gasteiger charge is 2.23. The van der Waals surface area contributed by atoms with Gasteiger partial charge in [0.2, 0.25) is 0 Å². The minimum atomic E-state index is -1.28. The molecule has 0 amide bonds. The van der Waals surface area contributed by atoms with Crippen LogP contribution >= 0.6 is 15.9 Å². The number of carbonyl (C=O) groups is 1. The summed E-state index contributed by atoms with van der Waals surface area (Å²) in [5, 5.41) is 22.7. The zero-order valence-electron chi connectivity index (χ0n) is 8.95. The number of hydrogen-bond acceptors (Lipinski definition) is 5. The van der Waals surface area contributed by atoms with Crippen molar-refractivity contribution >= 4 is 27.8 Å². The lowest BCUT2D eigenvalue weighted by Crippen LogP contribution is -2.04. The van der Waals surface area contributed by atoms with Gasteiger partial charge < -0.3 is 15.2 Å². The first-order chi connectivity index (χ1) is 8.90. The van der Waals surface area contributed by atoms with Crippen molar-refractivity contribution in [2.24, 2.45) is 0 Å². The van der Waals surface area contributed by atoms with Gasteiger partial charge in [0, 0.05) is 21.0 Å². The zero-order valence-corrected chi connectivity index (χ0v) is 10.5. The maximum Gasteiger partial charge on any atom is 0.492 e. The highest BCUT2D eigenvalue weighted by Crippen LogP contribution is 2.21. The lowest BCUT2D eigenvalue weighted by Gasteiger charge is -2.01. The average Bonchev–Trinajstić information content (AvgIpc) is 2.71. The predicted octanol–water partition coefficient (Wildman–Crippen LogP) is 1.78. The van der Waals surface area contributed by atoms with Crippen LogP contribution in [0.2, 0.25) is 0 Å². The van der Waals surface area contributed by atoms with Gasteiger partial charge in [0.1, 0.15) is 5.69 Å². The van der Waals surface area contributed by atoms with Crippen molar-refractivity contribution in [1.82, 2.24) is 14.8 Å². The molecule has 0 fully saturated rings. The van der Waals surface area contributed by atoms with Gasteiger partial charge in [-0.15, -0.1) is 4.68 Å². The summed E-state index contributed by atoms with van der Waals surface area (Å²) in [5.41, 5.74) is -0.399. The first-order valence-corrected chi connectivity index (χ1v) is 5.49. The lowest BCUT2D eigenvalue weighted by atomic mass is 10.2. The highest BCUT2D eigenvalue weighted by molar-refractivity contribution is 9.10. The molecule has 2 aromatic rings. The highest BCUT2D eigenvalue weighted by atomic mass is 79.9. The summed E-state index contributed by atoms with van der Waals surface area (Å²) in [6.07, 6.45) is 0. The van der Waals surface area contributed by atoms with Gasteiger partial charge in [-0.3, -0.25) is 0 Å². The van der Waals surface area contributed by atoms with Crippen LogP contribution in [0.4, 0.5) is 10.3 Å². The van der Waals surface area contributed by atoms with E-state index in [2.05, 4.69) is 26.0 Å². The van der Waals surface area contributed by atoms with E-state index in [0.29, 0.717) is 0 Å². The van der Waals surface area contributed by atoms with E-state index in [1.165, 1.54) is 0 Å². The Bertz CT molecular complexity index is 687. The number of aromatic nitrogens is 3. The summed E-state index contributed by atoms with van der Waals surface area (Å²) in [7, 11) is 0. The Labute approximate surface area is 112 Å². The third-order valence-electron chi connectivity index (χ3n) is 2.14. The summed E-state index contributed by atoms with van der Waals surface area (Å²) in [6.45, 7) is 0. The van der Waals surface area contributed by atoms with Gasteiger partial charge in [-0.05, 0) is 28.1 Å². The van der Waals surface area contributed by atoms with E-state index in [1.807, 2.05) is 0 Å². The Kier molecular flexibility index (Phi) is 3.25. The molecule has 19 heavy (non-hydrogen) atoms. The maximum absolute atomic E-state index is 13.7. The van der Waals surface area contributed by atoms with E-state index < -0.39 is 22.7 Å². The molecular formula is C9H4BrFN4O4. The fraction of sp³-hybridized carbons (Fsp3) is 0. The van der Waals surface area contributed by atoms with Crippen LogP contribution in [-0.2, 0) is 0 Å². The van der Waals surface area contributed by atoms with E-state index in [-0.39, 0.29) is 16.0 Å². The number of carboxylic acids is 1. The number of nitro groups is 1. The van der Waals surface area contributed by atoms with E-state index in [1.54, 1.807) is 0 Å². The van der Waals surface area contributed by atoms with Gasteiger partial charge in [0.15, 0.2) is 5.82 Å². The Morgan fingerprint density at radius 1 is 1.53 bits per heavy atom. The summed E-state index contributed by atoms with van der Waals surface area (Å²) < 4.78 is 14.5. The van der Waals surface area contributed by atoms with Gasteiger partial charge in [0.05, 0.1) is 5.56 Å². The molecule has 1 N–H and O–H groups in total. The van der Waals surface area contributed by atoms with E-state index in [4.69, 9.17) is 5.11 Å². The Morgan fingerprint density at radius 2 is 2.21 bits per heavy atom. The van der Waals surface area contributed by atoms with E-state index in [0.717, 1.165) is 22.9 Å². The van der Waals surface area contributed by atoms with Crippen molar-refractivity contribution in [3.8, 4) is 5.69 Å². The molecule has 1 heterocycles. The zero-order chi connectivity index (χ0) is 14.2. The molecule has 0 aliphatic carbocycles. The van der Waals surface area contributed by atoms with Gasteiger partial charge >= 0.3 is 11.9 Å². The first kappa shape index (κ1) is 13.1. The molecule has 0 saturated heterocycles. The molecule has 10 heteroatoms. The molecule has 0 spiro atoms. The summed E-state index contributed by atoms with van der Waals surface area (Å²) in [4.78, 5) is 23.8. The Balaban J connectivity index is 2.53. The molecule has 0 saturated carbocycles. The molecule has 0 atom stereocenters. The monoisotopic (exact) mass is 330 g/mol. The average molecular weight is 331 g/mol. The van der Waals surface area contributed by atoms with E-state index in [9.17, 15) is 19.3 Å². The summed E-state index contributed by atoms with van der Waals surface area (Å²) in [6, 6.07) is 3.08. The lowest BCUT2D eigenvalue weighted by molar-refractivity contribution is -0.394. The van der Waals surface area contributed by atoms with Crippen molar-refractivity contribution < 1.29 is 19.2 Å². The minimum Gasteiger partial charge on any atom is -0.478 e. The predicted molar refractivity (Wildman–Crippen MR) is 62.6 cm³/mol. The fourth-order valence-corrected chi connectivity index (χ4v) is 1.75. The fourth-order valence-electron chi connectivity index (χ4n) is 1.33. The smallest absolute Gasteiger partial charge is 0.478 e. The molecule has 0 unspecified atom stereocenters. The number of aromatic carboxylic acids is 1. The Morgan fingerprint density at radius 3 is 2.68 bits per heavy atom. The van der Waals surface area contributed by atoms with Crippen LogP contribution in [0.15, 0.2) is 22.9 Å². The molecule has 0 aliphatic rings. The molecular weight excluding hydrogens is 327 g/mol. The maximum atomic E-state index is 13.7. The molecule has 1 aromatic carbocycles. The molecule has 1 aromatic heterocycles. The molecule has 98 valence electrons. The number of nitrogens with zero attached hydrogens (tertiary/aromatic N) is 4. The molecule has 0 radical (unpaired) electrons. The van der Waals surface area contributed by atoms with Crippen LogP contribution in [-0.4, -0.2) is 30.8 Å². The SMILES string of the molecule is O=C(O)c1ccc(-n2nc([N+](=O)[O-])nc2Br)c(F)c1. The second kappa shape index (κ2) is 4.72. The van der Waals surface area contributed by atoms with Crippen molar-refractivity contribution in [2.45, 2.75) is 0 Å². The number of carboxylic acid groups (broad SMARTS) is 1. The van der Waals surface area contributed by atoms with Crippen LogP contribution in [0, 0.1) is 15.9 Å². The van der Waals surface area contributed by atoms with Crippen molar-refractivity contribution in [1.29, 1.82) is 0 Å². The summed E-state index contributed by atoms with van der Waals surface area (Å²) >= 11 is 2.91. The molecule has 0 bridgehead atoms. The molecule has 2 rings (SSSR count). The van der Waals surface area contributed by atoms with Crippen LogP contribution in [0.3, 0.4) is 0 Å². The van der Waals surface area contributed by atoms with Crippen molar-refractivity contribution in [3.63, 3.8) is 0 Å². The number of benzene rings is 1. The number of hydrogen-bond donors (Lipinski definition) is 1. The Hall–Kier alpha value is -2.36. The van der Waals surface area contributed by atoms with Crippen LogP contribution in [0.25, 0.3) is 5.69 Å². The second-order valence-corrected chi connectivity index (χ2v) is 4.03. The minimum absolute atomic E-state index is 0.0684. The van der Waals surface area contributed by atoms with Crippen LogP contribution in [0.1, 0.15) is 10.4 Å². The van der Waals surface area contributed by atoms with Gasteiger partial charge in [-0.2, -0.15) is 0 Å². The van der Waals surface area contributed by atoms with Gasteiger partial charge in [-0.1, -0.05) is 0 Å². The normalized spacial score (nSPS) is 10.4. The van der Waals surface area contributed by atoms with Crippen molar-refractivity contribution in [3.05, 3.63) is 44.4 Å². The number of halogens is 2. The van der Waals surface area contributed by atoms with Crippen molar-refractivity contribution in [2.75, 3.05) is 0 Å². The largest absolute Gasteiger partial charge is 0.492 e. The standard InChI is InChI=1S/C9H4BrFN4O4/c10-8-12-9(15(18)19)13-14(8)6-2-1-4(7(16)17)3-5(6)11/h1-3H,(H,16,17). The van der Waals surface area contributed by atoms with E-state index >= 15 is 0 Å². The molecule has 8 nitrogen and oxygen atoms in total. The van der Waals surface area contributed by atoms with Gasteiger partial charge in [0.25, 0.3) is 4.73 Å². The third kappa shape index (κ3) is 2.42. The van der Waals surface area contributed by atoms with Crippen LogP contribution in [0.5, 0.6) is 0 Å².